The fourth-order valence-electron chi connectivity index (χ4n) is 2.97. The number of carboxylic acid groups (broad SMARTS) is 1. The van der Waals surface area contributed by atoms with Crippen molar-refractivity contribution < 1.29 is 24.1 Å². The number of benzene rings is 2. The van der Waals surface area contributed by atoms with E-state index in [2.05, 4.69) is 4.98 Å². The molecule has 0 aliphatic carbocycles. The second-order valence-corrected chi connectivity index (χ2v) is 6.06. The molecule has 0 unspecified atom stereocenters. The average Bonchev–Trinajstić information content (AvgIpc) is 2.73. The molecule has 8 nitrogen and oxygen atoms in total. The Morgan fingerprint density at radius 3 is 2.31 bits per heavy atom. The molecule has 0 bridgehead atoms. The number of fused-ring (bicyclic) bond motifs is 1. The van der Waals surface area contributed by atoms with E-state index in [0.717, 1.165) is 4.57 Å². The Morgan fingerprint density at radius 1 is 1.07 bits per heavy atom. The van der Waals surface area contributed by atoms with Gasteiger partial charge in [-0.25, -0.2) is 4.98 Å². The summed E-state index contributed by atoms with van der Waals surface area (Å²) >= 11 is 0. The van der Waals surface area contributed by atoms with Crippen LogP contribution in [0.4, 0.5) is 0 Å². The topological polar surface area (TPSA) is 99.9 Å². The predicted molar refractivity (Wildman–Crippen MR) is 109 cm³/mol. The molecule has 3 aromatic rings. The summed E-state index contributed by atoms with van der Waals surface area (Å²) in [5.41, 5.74) is 0.773. The zero-order chi connectivity index (χ0) is 21.0. The number of rotatable bonds is 7. The minimum absolute atomic E-state index is 0.227. The molecule has 1 heterocycles. The third kappa shape index (κ3) is 4.06. The molecule has 1 aromatic heterocycles. The van der Waals surface area contributed by atoms with Gasteiger partial charge in [0.1, 0.15) is 12.4 Å². The normalized spacial score (nSPS) is 11.0. The minimum Gasteiger partial charge on any atom is -0.493 e. The third-order valence-corrected chi connectivity index (χ3v) is 4.30. The monoisotopic (exact) mass is 396 g/mol. The van der Waals surface area contributed by atoms with Gasteiger partial charge in [0.2, 0.25) is 5.75 Å². The van der Waals surface area contributed by atoms with E-state index in [1.807, 2.05) is 0 Å². The summed E-state index contributed by atoms with van der Waals surface area (Å²) in [6, 6.07) is 10.3. The van der Waals surface area contributed by atoms with Crippen molar-refractivity contribution in [2.75, 3.05) is 21.3 Å². The van der Waals surface area contributed by atoms with Gasteiger partial charge < -0.3 is 19.3 Å². The fraction of sp³-hybridized carbons (Fsp3) is 0.190. The van der Waals surface area contributed by atoms with Gasteiger partial charge in [-0.2, -0.15) is 0 Å². The lowest BCUT2D eigenvalue weighted by Gasteiger charge is -2.13. The Balaban J connectivity index is 2.13. The van der Waals surface area contributed by atoms with E-state index in [1.165, 1.54) is 21.3 Å². The molecule has 0 fully saturated rings. The Kier molecular flexibility index (Phi) is 5.82. The molecule has 3 rings (SSSR count). The molecule has 150 valence electrons. The van der Waals surface area contributed by atoms with E-state index >= 15 is 0 Å². The SMILES string of the molecule is COc1cc(/C=C/c2nc3ccccc3c(=O)n2CC(=O)O)cc(OC)c1OC. The highest BCUT2D eigenvalue weighted by atomic mass is 16.5. The van der Waals surface area contributed by atoms with Crippen molar-refractivity contribution in [2.24, 2.45) is 0 Å². The third-order valence-electron chi connectivity index (χ3n) is 4.30. The summed E-state index contributed by atoms with van der Waals surface area (Å²) in [6.45, 7) is -0.494. The molecule has 1 N–H and O–H groups in total. The molecule has 0 radical (unpaired) electrons. The van der Waals surface area contributed by atoms with E-state index in [-0.39, 0.29) is 5.82 Å². The number of hydrogen-bond acceptors (Lipinski definition) is 6. The van der Waals surface area contributed by atoms with Crippen molar-refractivity contribution in [2.45, 2.75) is 6.54 Å². The van der Waals surface area contributed by atoms with Crippen molar-refractivity contribution in [1.29, 1.82) is 0 Å². The Labute approximate surface area is 166 Å². The van der Waals surface area contributed by atoms with Crippen LogP contribution in [0.1, 0.15) is 11.4 Å². The molecule has 0 spiro atoms. The number of carboxylic acids is 1. The van der Waals surface area contributed by atoms with Crippen LogP contribution in [-0.2, 0) is 11.3 Å². The highest BCUT2D eigenvalue weighted by Gasteiger charge is 2.14. The second-order valence-electron chi connectivity index (χ2n) is 6.06. The van der Waals surface area contributed by atoms with Crippen LogP contribution >= 0.6 is 0 Å². The molecule has 0 atom stereocenters. The largest absolute Gasteiger partial charge is 0.493 e. The lowest BCUT2D eigenvalue weighted by atomic mass is 10.1. The molecular weight excluding hydrogens is 376 g/mol. The highest BCUT2D eigenvalue weighted by Crippen LogP contribution is 2.38. The van der Waals surface area contributed by atoms with Gasteiger partial charge in [-0.3, -0.25) is 14.2 Å². The number of ether oxygens (including phenoxy) is 3. The van der Waals surface area contributed by atoms with Crippen molar-refractivity contribution in [3.05, 3.63) is 58.1 Å². The standard InChI is InChI=1S/C21H20N2O6/c1-27-16-10-13(11-17(28-2)20(16)29-3)8-9-18-22-15-7-5-4-6-14(15)21(26)23(18)12-19(24)25/h4-11H,12H2,1-3H3,(H,24,25)/b9-8+. The maximum Gasteiger partial charge on any atom is 0.323 e. The second kappa shape index (κ2) is 8.47. The van der Waals surface area contributed by atoms with Crippen molar-refractivity contribution in [3.63, 3.8) is 0 Å². The molecule has 0 saturated heterocycles. The molecule has 2 aromatic carbocycles. The van der Waals surface area contributed by atoms with Crippen LogP contribution in [0, 0.1) is 0 Å². The Morgan fingerprint density at radius 2 is 1.72 bits per heavy atom. The summed E-state index contributed by atoms with van der Waals surface area (Å²) < 4.78 is 17.1. The van der Waals surface area contributed by atoms with E-state index in [4.69, 9.17) is 14.2 Å². The van der Waals surface area contributed by atoms with Crippen LogP contribution in [0.3, 0.4) is 0 Å². The predicted octanol–water partition coefficient (Wildman–Crippen LogP) is 2.68. The van der Waals surface area contributed by atoms with Gasteiger partial charge in [0.25, 0.3) is 5.56 Å². The number of para-hydroxylation sites is 1. The fourth-order valence-corrected chi connectivity index (χ4v) is 2.97. The number of aromatic nitrogens is 2. The van der Waals surface area contributed by atoms with Crippen LogP contribution < -0.4 is 19.8 Å². The summed E-state index contributed by atoms with van der Waals surface area (Å²) in [5.74, 6) is 0.497. The summed E-state index contributed by atoms with van der Waals surface area (Å²) in [7, 11) is 4.54. The Bertz CT molecular complexity index is 1120. The lowest BCUT2D eigenvalue weighted by Crippen LogP contribution is -2.27. The van der Waals surface area contributed by atoms with Gasteiger partial charge in [0.05, 0.1) is 32.2 Å². The first-order chi connectivity index (χ1) is 14.0. The maximum absolute atomic E-state index is 12.7. The first-order valence-electron chi connectivity index (χ1n) is 8.68. The van der Waals surface area contributed by atoms with Gasteiger partial charge in [0.15, 0.2) is 11.5 Å². The zero-order valence-electron chi connectivity index (χ0n) is 16.2. The van der Waals surface area contributed by atoms with Crippen LogP contribution in [-0.4, -0.2) is 42.0 Å². The van der Waals surface area contributed by atoms with Gasteiger partial charge in [-0.05, 0) is 35.9 Å². The minimum atomic E-state index is -1.13. The first-order valence-corrected chi connectivity index (χ1v) is 8.68. The van der Waals surface area contributed by atoms with Gasteiger partial charge in [-0.1, -0.05) is 18.2 Å². The number of methoxy groups -OCH3 is 3. The molecule has 8 heteroatoms. The van der Waals surface area contributed by atoms with Crippen molar-refractivity contribution in [1.82, 2.24) is 9.55 Å². The van der Waals surface area contributed by atoms with Crippen LogP contribution in [0.15, 0.2) is 41.2 Å². The van der Waals surface area contributed by atoms with Crippen molar-refractivity contribution >= 4 is 29.0 Å². The smallest absolute Gasteiger partial charge is 0.323 e. The zero-order valence-corrected chi connectivity index (χ0v) is 16.2. The molecular formula is C21H20N2O6. The van der Waals surface area contributed by atoms with E-state index in [9.17, 15) is 14.7 Å². The molecule has 0 aliphatic rings. The van der Waals surface area contributed by atoms with E-state index in [0.29, 0.717) is 33.7 Å². The molecule has 0 aliphatic heterocycles. The van der Waals surface area contributed by atoms with Gasteiger partial charge in [-0.15, -0.1) is 0 Å². The van der Waals surface area contributed by atoms with Gasteiger partial charge >= 0.3 is 5.97 Å². The van der Waals surface area contributed by atoms with E-state index < -0.39 is 18.1 Å². The number of aliphatic carboxylic acids is 1. The van der Waals surface area contributed by atoms with E-state index in [1.54, 1.807) is 48.6 Å². The summed E-state index contributed by atoms with van der Waals surface area (Å²) in [5, 5.41) is 9.57. The average molecular weight is 396 g/mol. The number of hydrogen-bond donors (Lipinski definition) is 1. The van der Waals surface area contributed by atoms with Crippen LogP contribution in [0.25, 0.3) is 23.1 Å². The lowest BCUT2D eigenvalue weighted by molar-refractivity contribution is -0.137. The first kappa shape index (κ1) is 19.9. The highest BCUT2D eigenvalue weighted by molar-refractivity contribution is 5.80. The molecule has 0 saturated carbocycles. The van der Waals surface area contributed by atoms with Gasteiger partial charge in [0, 0.05) is 0 Å². The van der Waals surface area contributed by atoms with Crippen molar-refractivity contribution in [3.8, 4) is 17.2 Å². The molecule has 0 amide bonds. The number of carbonyl (C=O) groups is 1. The quantitative estimate of drug-likeness (QED) is 0.655. The Hall–Kier alpha value is -3.81. The summed E-state index contributed by atoms with van der Waals surface area (Å²) in [4.78, 5) is 28.5. The van der Waals surface area contributed by atoms with Crippen LogP contribution in [0.2, 0.25) is 0 Å². The number of nitrogens with zero attached hydrogens (tertiary/aromatic N) is 2. The maximum atomic E-state index is 12.7. The summed E-state index contributed by atoms with van der Waals surface area (Å²) in [6.07, 6.45) is 3.27. The van der Waals surface area contributed by atoms with Crippen LogP contribution in [0.5, 0.6) is 17.2 Å². The molecule has 29 heavy (non-hydrogen) atoms.